The highest BCUT2D eigenvalue weighted by molar-refractivity contribution is 6.07. The number of fused-ring (bicyclic) bond motifs is 1. The van der Waals surface area contributed by atoms with Gasteiger partial charge in [0.05, 0.1) is 18.2 Å². The van der Waals surface area contributed by atoms with Gasteiger partial charge < -0.3 is 21.1 Å². The highest BCUT2D eigenvalue weighted by atomic mass is 16.3. The summed E-state index contributed by atoms with van der Waals surface area (Å²) in [4.78, 5) is 15.3. The van der Waals surface area contributed by atoms with Crippen molar-refractivity contribution in [2.45, 2.75) is 19.9 Å². The molecule has 1 heterocycles. The third kappa shape index (κ3) is 2.71. The molecule has 5 N–H and O–H groups in total. The van der Waals surface area contributed by atoms with E-state index in [0.717, 1.165) is 10.9 Å². The van der Waals surface area contributed by atoms with Crippen molar-refractivity contribution in [3.05, 3.63) is 30.0 Å². The largest absolute Gasteiger partial charge is 0.399 e. The molecule has 1 amide bonds. The lowest BCUT2D eigenvalue weighted by Gasteiger charge is -2.19. The number of amides is 1. The standard InChI is InChI=1S/C14H19N3O2/c1-8(2)13(7-18)17-14(19)11-6-16-12-4-3-9(15)5-10(11)12/h3-6,8,13,16,18H,7,15H2,1-2H3,(H,17,19)/t13-/m1/s1. The summed E-state index contributed by atoms with van der Waals surface area (Å²) in [5.74, 6) is -0.0335. The van der Waals surface area contributed by atoms with Crippen LogP contribution in [0.4, 0.5) is 5.69 Å². The van der Waals surface area contributed by atoms with E-state index in [9.17, 15) is 9.90 Å². The first-order valence-electron chi connectivity index (χ1n) is 6.31. The molecule has 1 atom stereocenters. The molecule has 0 aliphatic heterocycles. The van der Waals surface area contributed by atoms with E-state index < -0.39 is 0 Å². The number of benzene rings is 1. The minimum atomic E-state index is -0.251. The smallest absolute Gasteiger partial charge is 0.253 e. The van der Waals surface area contributed by atoms with Crippen molar-refractivity contribution in [3.63, 3.8) is 0 Å². The number of hydrogen-bond donors (Lipinski definition) is 4. The molecule has 0 radical (unpaired) electrons. The molecule has 102 valence electrons. The normalized spacial score (nSPS) is 12.8. The van der Waals surface area contributed by atoms with Crippen LogP contribution in [0.15, 0.2) is 24.4 Å². The SMILES string of the molecule is CC(C)[C@@H](CO)NC(=O)c1c[nH]c2ccc(N)cc12. The first kappa shape index (κ1) is 13.4. The summed E-state index contributed by atoms with van der Waals surface area (Å²) in [5, 5.41) is 12.9. The van der Waals surface area contributed by atoms with Gasteiger partial charge in [-0.25, -0.2) is 0 Å². The van der Waals surface area contributed by atoms with Crippen molar-refractivity contribution in [2.75, 3.05) is 12.3 Å². The highest BCUT2D eigenvalue weighted by Gasteiger charge is 2.18. The van der Waals surface area contributed by atoms with Crippen LogP contribution < -0.4 is 11.1 Å². The van der Waals surface area contributed by atoms with Crippen molar-refractivity contribution in [2.24, 2.45) is 5.92 Å². The minimum absolute atomic E-state index is 0.0755. The average molecular weight is 261 g/mol. The van der Waals surface area contributed by atoms with Crippen LogP contribution in [0, 0.1) is 5.92 Å². The highest BCUT2D eigenvalue weighted by Crippen LogP contribution is 2.21. The summed E-state index contributed by atoms with van der Waals surface area (Å²) in [5.41, 5.74) is 7.76. The topological polar surface area (TPSA) is 91.1 Å². The number of aromatic amines is 1. The Hall–Kier alpha value is -2.01. The zero-order valence-electron chi connectivity index (χ0n) is 11.1. The lowest BCUT2D eigenvalue weighted by atomic mass is 10.0. The molecule has 0 fully saturated rings. The molecule has 2 aromatic rings. The number of carbonyl (C=O) groups is 1. The summed E-state index contributed by atoms with van der Waals surface area (Å²) in [7, 11) is 0. The molecule has 0 aliphatic carbocycles. The fourth-order valence-electron chi connectivity index (χ4n) is 2.00. The van der Waals surface area contributed by atoms with E-state index in [-0.39, 0.29) is 24.5 Å². The second-order valence-corrected chi connectivity index (χ2v) is 5.01. The molecule has 5 heteroatoms. The van der Waals surface area contributed by atoms with Crippen LogP contribution in [-0.2, 0) is 0 Å². The predicted octanol–water partition coefficient (Wildman–Crippen LogP) is 1.50. The van der Waals surface area contributed by atoms with E-state index in [2.05, 4.69) is 10.3 Å². The van der Waals surface area contributed by atoms with Crippen LogP contribution in [0.2, 0.25) is 0 Å². The predicted molar refractivity (Wildman–Crippen MR) is 75.9 cm³/mol. The number of rotatable bonds is 4. The Bertz CT molecular complexity index is 589. The summed E-state index contributed by atoms with van der Waals surface area (Å²) in [6.45, 7) is 3.83. The van der Waals surface area contributed by atoms with Gasteiger partial charge in [0.1, 0.15) is 0 Å². The monoisotopic (exact) mass is 261 g/mol. The number of nitrogens with one attached hydrogen (secondary N) is 2. The van der Waals surface area contributed by atoms with Gasteiger partial charge in [-0.1, -0.05) is 13.8 Å². The number of nitrogens with two attached hydrogens (primary N) is 1. The molecular weight excluding hydrogens is 242 g/mol. The first-order valence-corrected chi connectivity index (χ1v) is 6.31. The zero-order chi connectivity index (χ0) is 14.0. The Labute approximate surface area is 111 Å². The number of hydrogen-bond acceptors (Lipinski definition) is 3. The van der Waals surface area contributed by atoms with Gasteiger partial charge in [0.15, 0.2) is 0 Å². The Kier molecular flexibility index (Phi) is 3.76. The van der Waals surface area contributed by atoms with Gasteiger partial charge in [-0.2, -0.15) is 0 Å². The van der Waals surface area contributed by atoms with Crippen molar-refractivity contribution >= 4 is 22.5 Å². The number of aliphatic hydroxyl groups excluding tert-OH is 1. The maximum Gasteiger partial charge on any atom is 0.253 e. The van der Waals surface area contributed by atoms with Gasteiger partial charge in [0, 0.05) is 22.8 Å². The summed E-state index contributed by atoms with van der Waals surface area (Å²) in [6, 6.07) is 5.14. The van der Waals surface area contributed by atoms with E-state index in [0.29, 0.717) is 11.3 Å². The summed E-state index contributed by atoms with van der Waals surface area (Å²) >= 11 is 0. The second kappa shape index (κ2) is 5.32. The summed E-state index contributed by atoms with van der Waals surface area (Å²) in [6.07, 6.45) is 1.66. The Morgan fingerprint density at radius 3 is 2.84 bits per heavy atom. The van der Waals surface area contributed by atoms with E-state index in [4.69, 9.17) is 5.73 Å². The number of carbonyl (C=O) groups excluding carboxylic acids is 1. The fourth-order valence-corrected chi connectivity index (χ4v) is 2.00. The Morgan fingerprint density at radius 2 is 2.21 bits per heavy atom. The first-order chi connectivity index (χ1) is 9.02. The summed E-state index contributed by atoms with van der Waals surface area (Å²) < 4.78 is 0. The van der Waals surface area contributed by atoms with E-state index >= 15 is 0 Å². The maximum atomic E-state index is 12.2. The van der Waals surface area contributed by atoms with Gasteiger partial charge in [0.25, 0.3) is 5.91 Å². The third-order valence-corrected chi connectivity index (χ3v) is 3.27. The molecule has 2 rings (SSSR count). The number of nitrogen functional groups attached to an aromatic ring is 1. The van der Waals surface area contributed by atoms with Crippen molar-refractivity contribution in [1.82, 2.24) is 10.3 Å². The van der Waals surface area contributed by atoms with Crippen LogP contribution in [0.25, 0.3) is 10.9 Å². The molecular formula is C14H19N3O2. The molecule has 0 spiro atoms. The van der Waals surface area contributed by atoms with Crippen molar-refractivity contribution < 1.29 is 9.90 Å². The Morgan fingerprint density at radius 1 is 1.47 bits per heavy atom. The number of aromatic nitrogens is 1. The van der Waals surface area contributed by atoms with E-state index in [1.165, 1.54) is 0 Å². The van der Waals surface area contributed by atoms with Gasteiger partial charge in [-0.15, -0.1) is 0 Å². The minimum Gasteiger partial charge on any atom is -0.399 e. The fraction of sp³-hybridized carbons (Fsp3) is 0.357. The molecule has 0 saturated heterocycles. The molecule has 1 aromatic heterocycles. The number of H-pyrrole nitrogens is 1. The molecule has 0 aliphatic rings. The third-order valence-electron chi connectivity index (χ3n) is 3.27. The van der Waals surface area contributed by atoms with Crippen molar-refractivity contribution in [1.29, 1.82) is 0 Å². The molecule has 0 saturated carbocycles. The molecule has 0 unspecified atom stereocenters. The molecule has 1 aromatic carbocycles. The lowest BCUT2D eigenvalue weighted by molar-refractivity contribution is 0.0898. The Balaban J connectivity index is 2.29. The van der Waals surface area contributed by atoms with Gasteiger partial charge in [-0.05, 0) is 24.1 Å². The lowest BCUT2D eigenvalue weighted by Crippen LogP contribution is -2.41. The van der Waals surface area contributed by atoms with Gasteiger partial charge in [-0.3, -0.25) is 4.79 Å². The van der Waals surface area contributed by atoms with Crippen LogP contribution in [-0.4, -0.2) is 28.6 Å². The molecule has 19 heavy (non-hydrogen) atoms. The van der Waals surface area contributed by atoms with E-state index in [1.807, 2.05) is 19.9 Å². The quantitative estimate of drug-likeness (QED) is 0.628. The van der Waals surface area contributed by atoms with Gasteiger partial charge >= 0.3 is 0 Å². The zero-order valence-corrected chi connectivity index (χ0v) is 11.1. The second-order valence-electron chi connectivity index (χ2n) is 5.01. The van der Waals surface area contributed by atoms with E-state index in [1.54, 1.807) is 18.3 Å². The maximum absolute atomic E-state index is 12.2. The molecule has 5 nitrogen and oxygen atoms in total. The average Bonchev–Trinajstić information content (AvgIpc) is 2.78. The van der Waals surface area contributed by atoms with Crippen LogP contribution in [0.1, 0.15) is 24.2 Å². The number of aliphatic hydroxyl groups is 1. The molecule has 0 bridgehead atoms. The van der Waals surface area contributed by atoms with Crippen LogP contribution in [0.3, 0.4) is 0 Å². The van der Waals surface area contributed by atoms with Crippen LogP contribution in [0.5, 0.6) is 0 Å². The number of anilines is 1. The van der Waals surface area contributed by atoms with Crippen molar-refractivity contribution in [3.8, 4) is 0 Å². The van der Waals surface area contributed by atoms with Gasteiger partial charge in [0.2, 0.25) is 0 Å². The van der Waals surface area contributed by atoms with Crippen LogP contribution >= 0.6 is 0 Å².